The Morgan fingerprint density at radius 2 is 1.62 bits per heavy atom. The smallest absolute Gasteiger partial charge is 0.392 e. The van der Waals surface area contributed by atoms with Crippen molar-refractivity contribution in [3.05, 3.63) is 0 Å². The topological polar surface area (TPSA) is 86.6 Å². The van der Waals surface area contributed by atoms with Gasteiger partial charge in [0, 0.05) is 0 Å². The lowest BCUT2D eigenvalue weighted by Crippen LogP contribution is -2.47. The second kappa shape index (κ2) is 4.77. The van der Waals surface area contributed by atoms with Crippen molar-refractivity contribution in [1.29, 1.82) is 0 Å². The van der Waals surface area contributed by atoms with Crippen LogP contribution in [0.2, 0.25) is 0 Å². The van der Waals surface area contributed by atoms with Crippen LogP contribution in [0.25, 0.3) is 0 Å². The van der Waals surface area contributed by atoms with E-state index in [2.05, 4.69) is 0 Å². The first-order valence-electron chi connectivity index (χ1n) is 3.66. The minimum atomic E-state index is -5.72. The van der Waals surface area contributed by atoms with Gasteiger partial charge < -0.3 is 10.2 Å². The highest BCUT2D eigenvalue weighted by atomic mass is 32.2. The van der Waals surface area contributed by atoms with Crippen LogP contribution in [-0.2, 0) is 10.0 Å². The molecule has 11 heteroatoms. The molecule has 0 saturated heterocycles. The molecule has 5 nitrogen and oxygen atoms in total. The molecule has 0 aliphatic heterocycles. The molecular formula is C5H8F5NO4S. The van der Waals surface area contributed by atoms with E-state index in [9.17, 15) is 30.4 Å². The van der Waals surface area contributed by atoms with Gasteiger partial charge in [0.25, 0.3) is 10.0 Å². The predicted octanol–water partition coefficient (Wildman–Crippen LogP) is -0.238. The Hall–Kier alpha value is -0.520. The molecule has 0 spiro atoms. The maximum absolute atomic E-state index is 12.6. The van der Waals surface area contributed by atoms with E-state index in [1.54, 1.807) is 0 Å². The molecule has 1 atom stereocenters. The number of nitrogens with one attached hydrogen (secondary N) is 1. The number of hydrogen-bond acceptors (Lipinski definition) is 4. The Balaban J connectivity index is 4.86. The van der Waals surface area contributed by atoms with Crippen molar-refractivity contribution in [2.24, 2.45) is 0 Å². The highest BCUT2D eigenvalue weighted by molar-refractivity contribution is 7.90. The zero-order valence-corrected chi connectivity index (χ0v) is 8.32. The van der Waals surface area contributed by atoms with Gasteiger partial charge in [-0.05, 0) is 0 Å². The Morgan fingerprint density at radius 1 is 1.19 bits per heavy atom. The van der Waals surface area contributed by atoms with E-state index in [4.69, 9.17) is 10.2 Å². The second-order valence-corrected chi connectivity index (χ2v) is 4.59. The van der Waals surface area contributed by atoms with E-state index in [1.807, 2.05) is 0 Å². The van der Waals surface area contributed by atoms with Gasteiger partial charge in [-0.25, -0.2) is 8.42 Å². The lowest BCUT2D eigenvalue weighted by Gasteiger charge is -2.20. The summed E-state index contributed by atoms with van der Waals surface area (Å²) in [4.78, 5) is 0. The normalized spacial score (nSPS) is 16.2. The van der Waals surface area contributed by atoms with Crippen LogP contribution in [0.1, 0.15) is 6.42 Å². The summed E-state index contributed by atoms with van der Waals surface area (Å²) in [5.74, 6) is 0. The lowest BCUT2D eigenvalue weighted by atomic mass is 10.4. The quantitative estimate of drug-likeness (QED) is 0.476. The van der Waals surface area contributed by atoms with Gasteiger partial charge in [-0.2, -0.15) is 26.7 Å². The highest BCUT2D eigenvalue weighted by Crippen LogP contribution is 2.34. The summed E-state index contributed by atoms with van der Waals surface area (Å²) < 4.78 is 82.2. The minimum absolute atomic E-state index is 0.797. The van der Waals surface area contributed by atoms with Crippen LogP contribution in [0.4, 0.5) is 22.0 Å². The summed E-state index contributed by atoms with van der Waals surface area (Å²) in [7, 11) is -5.72. The van der Waals surface area contributed by atoms with Crippen LogP contribution in [0, 0.1) is 0 Å². The molecule has 98 valence electrons. The summed E-state index contributed by atoms with van der Waals surface area (Å²) in [5.41, 5.74) is 0. The van der Waals surface area contributed by atoms with E-state index in [0.717, 1.165) is 4.72 Å². The molecule has 0 aliphatic rings. The van der Waals surface area contributed by atoms with Crippen LogP contribution in [0.5, 0.6) is 0 Å². The first kappa shape index (κ1) is 15.5. The molecule has 0 rings (SSSR count). The van der Waals surface area contributed by atoms with Crippen molar-refractivity contribution in [2.45, 2.75) is 24.1 Å². The fourth-order valence-electron chi connectivity index (χ4n) is 0.631. The van der Waals surface area contributed by atoms with Gasteiger partial charge in [0.05, 0.1) is 6.61 Å². The van der Waals surface area contributed by atoms with Crippen LogP contribution in [0.3, 0.4) is 0 Å². The molecular weight excluding hydrogens is 265 g/mol. The summed E-state index contributed by atoms with van der Waals surface area (Å²) in [5, 5.41) is 11.5. The van der Waals surface area contributed by atoms with Crippen LogP contribution < -0.4 is 4.72 Å². The van der Waals surface area contributed by atoms with Gasteiger partial charge in [0.2, 0.25) is 0 Å². The summed E-state index contributed by atoms with van der Waals surface area (Å²) in [6, 6.07) is 0. The fraction of sp³-hybridized carbons (Fsp3) is 1.00. The number of halogens is 5. The number of sulfonamides is 1. The maximum Gasteiger partial charge on any atom is 0.396 e. The maximum atomic E-state index is 12.6. The van der Waals surface area contributed by atoms with Gasteiger partial charge in [-0.15, -0.1) is 0 Å². The molecule has 3 N–H and O–H groups in total. The second-order valence-electron chi connectivity index (χ2n) is 2.75. The first-order chi connectivity index (χ1) is 6.91. The monoisotopic (exact) mass is 273 g/mol. The van der Waals surface area contributed by atoms with Crippen molar-refractivity contribution in [3.8, 4) is 0 Å². The van der Waals surface area contributed by atoms with Gasteiger partial charge in [-0.1, -0.05) is 0 Å². The number of aliphatic hydroxyl groups is 2. The third-order valence-corrected chi connectivity index (χ3v) is 2.78. The third-order valence-electron chi connectivity index (χ3n) is 1.26. The summed E-state index contributed by atoms with van der Waals surface area (Å²) >= 11 is 0. The van der Waals surface area contributed by atoms with E-state index in [-0.39, 0.29) is 0 Å². The van der Waals surface area contributed by atoms with E-state index in [1.165, 1.54) is 0 Å². The molecule has 0 fully saturated rings. The zero-order chi connectivity index (χ0) is 13.2. The molecule has 0 aliphatic carbocycles. The van der Waals surface area contributed by atoms with Crippen molar-refractivity contribution in [1.82, 2.24) is 4.72 Å². The van der Waals surface area contributed by atoms with Crippen LogP contribution >= 0.6 is 0 Å². The van der Waals surface area contributed by atoms with Crippen LogP contribution in [-0.4, -0.2) is 42.9 Å². The summed E-state index contributed by atoms with van der Waals surface area (Å²) in [6.45, 7) is -1.25. The van der Waals surface area contributed by atoms with Gasteiger partial charge in [0.15, 0.2) is 0 Å². The highest BCUT2D eigenvalue weighted by Gasteiger charge is 2.53. The third kappa shape index (κ3) is 4.55. The average Bonchev–Trinajstić information content (AvgIpc) is 1.98. The molecule has 0 radical (unpaired) electrons. The SMILES string of the molecule is O=S(=O)(NC(O)CO)C(F)(F)CC(F)(F)F. The standard InChI is InChI=1S/C5H8F5NO4S/c6-4(7,8)2-5(9,10)16(14,15)11-3(13)1-12/h3,11-13H,1-2H2. The van der Waals surface area contributed by atoms with E-state index >= 15 is 0 Å². The molecule has 16 heavy (non-hydrogen) atoms. The zero-order valence-electron chi connectivity index (χ0n) is 7.50. The largest absolute Gasteiger partial charge is 0.396 e. The molecule has 0 heterocycles. The van der Waals surface area contributed by atoms with Crippen LogP contribution in [0.15, 0.2) is 0 Å². The Kier molecular flexibility index (Phi) is 4.62. The van der Waals surface area contributed by atoms with E-state index in [0.29, 0.717) is 0 Å². The fourth-order valence-corrected chi connectivity index (χ4v) is 1.59. The molecule has 0 amide bonds. The van der Waals surface area contributed by atoms with Crippen molar-refractivity contribution >= 4 is 10.0 Å². The van der Waals surface area contributed by atoms with Gasteiger partial charge in [0.1, 0.15) is 12.6 Å². The molecule has 0 bridgehead atoms. The molecule has 1 unspecified atom stereocenters. The average molecular weight is 273 g/mol. The van der Waals surface area contributed by atoms with Crippen molar-refractivity contribution in [3.63, 3.8) is 0 Å². The minimum Gasteiger partial charge on any atom is -0.392 e. The van der Waals surface area contributed by atoms with Gasteiger partial charge in [-0.3, -0.25) is 0 Å². The molecule has 0 aromatic carbocycles. The Bertz CT molecular complexity index is 326. The summed E-state index contributed by atoms with van der Waals surface area (Å²) in [6.07, 6.45) is -10.6. The van der Waals surface area contributed by atoms with Crippen molar-refractivity contribution in [2.75, 3.05) is 6.61 Å². The Labute approximate surface area is 86.9 Å². The number of rotatable bonds is 5. The molecule has 0 saturated carbocycles. The van der Waals surface area contributed by atoms with Gasteiger partial charge >= 0.3 is 11.4 Å². The Morgan fingerprint density at radius 3 is 1.94 bits per heavy atom. The van der Waals surface area contributed by atoms with E-state index < -0.39 is 40.7 Å². The number of alkyl halides is 5. The lowest BCUT2D eigenvalue weighted by molar-refractivity contribution is -0.167. The molecule has 0 aromatic rings. The number of hydrogen-bond donors (Lipinski definition) is 3. The predicted molar refractivity (Wildman–Crippen MR) is 40.8 cm³/mol. The first-order valence-corrected chi connectivity index (χ1v) is 5.15. The number of aliphatic hydroxyl groups excluding tert-OH is 2. The molecule has 0 aromatic heterocycles. The van der Waals surface area contributed by atoms with Crippen molar-refractivity contribution < 1.29 is 40.6 Å².